The molecule has 1 rings (SSSR count). The average molecular weight is 211 g/mol. The molecule has 0 amide bonds. The Morgan fingerprint density at radius 2 is 2.00 bits per heavy atom. The van der Waals surface area contributed by atoms with Gasteiger partial charge in [-0.2, -0.15) is 0 Å². The summed E-state index contributed by atoms with van der Waals surface area (Å²) >= 11 is 0. The summed E-state index contributed by atoms with van der Waals surface area (Å²) in [5.41, 5.74) is 0.592. The highest BCUT2D eigenvalue weighted by Crippen LogP contribution is 2.27. The van der Waals surface area contributed by atoms with Gasteiger partial charge in [-0.1, -0.05) is 13.0 Å². The molecule has 84 valence electrons. The molecule has 1 atom stereocenters. The van der Waals surface area contributed by atoms with Gasteiger partial charge in [0.05, 0.1) is 6.10 Å². The minimum Gasteiger partial charge on any atom is -0.504 e. The fraction of sp³-hybridized carbons (Fsp3) is 0.455. The Labute approximate surface area is 89.2 Å². The molecule has 0 heterocycles. The Bertz CT molecular complexity index is 315. The zero-order valence-electron chi connectivity index (χ0n) is 8.77. The zero-order valence-corrected chi connectivity index (χ0v) is 8.77. The van der Waals surface area contributed by atoms with Crippen molar-refractivity contribution in [1.29, 1.82) is 0 Å². The predicted octanol–water partition coefficient (Wildman–Crippen LogP) is 1.13. The van der Waals surface area contributed by atoms with Crippen LogP contribution in [0.1, 0.15) is 25.0 Å². The monoisotopic (exact) mass is 211 g/mol. The molecule has 0 aliphatic heterocycles. The van der Waals surface area contributed by atoms with E-state index in [1.807, 2.05) is 6.92 Å². The van der Waals surface area contributed by atoms with Crippen molar-refractivity contribution < 1.29 is 15.3 Å². The van der Waals surface area contributed by atoms with Crippen molar-refractivity contribution in [2.75, 3.05) is 13.1 Å². The summed E-state index contributed by atoms with van der Waals surface area (Å²) in [4.78, 5) is 0. The second-order valence-corrected chi connectivity index (χ2v) is 3.47. The van der Waals surface area contributed by atoms with E-state index in [2.05, 4.69) is 5.32 Å². The highest BCUT2D eigenvalue weighted by atomic mass is 16.3. The van der Waals surface area contributed by atoms with Crippen LogP contribution in [-0.4, -0.2) is 28.4 Å². The van der Waals surface area contributed by atoms with E-state index >= 15 is 0 Å². The number of benzene rings is 1. The molecule has 1 aromatic carbocycles. The third-order valence-electron chi connectivity index (χ3n) is 2.15. The number of aliphatic hydroxyl groups is 1. The van der Waals surface area contributed by atoms with Crippen molar-refractivity contribution in [3.05, 3.63) is 23.8 Å². The van der Waals surface area contributed by atoms with Gasteiger partial charge in [-0.05, 0) is 30.7 Å². The Morgan fingerprint density at radius 3 is 2.60 bits per heavy atom. The molecule has 0 fully saturated rings. The van der Waals surface area contributed by atoms with Crippen LogP contribution in [0.2, 0.25) is 0 Å². The van der Waals surface area contributed by atoms with Crippen LogP contribution in [0.15, 0.2) is 18.2 Å². The standard InChI is InChI=1S/C11H17NO3/c1-2-5-12-7-11(15)8-3-4-9(13)10(14)6-8/h3-4,6,11-15H,2,5,7H2,1H3/t11-/m1/s1. The topological polar surface area (TPSA) is 72.7 Å². The van der Waals surface area contributed by atoms with E-state index < -0.39 is 6.10 Å². The van der Waals surface area contributed by atoms with Crippen molar-refractivity contribution in [3.8, 4) is 11.5 Å². The van der Waals surface area contributed by atoms with Crippen LogP contribution >= 0.6 is 0 Å². The minimum atomic E-state index is -0.664. The maximum absolute atomic E-state index is 9.71. The summed E-state index contributed by atoms with van der Waals surface area (Å²) in [6.07, 6.45) is 0.344. The maximum atomic E-state index is 9.71. The number of nitrogens with one attached hydrogen (secondary N) is 1. The second-order valence-electron chi connectivity index (χ2n) is 3.47. The SMILES string of the molecule is CCCNC[C@@H](O)c1ccc(O)c(O)c1. The van der Waals surface area contributed by atoms with E-state index in [4.69, 9.17) is 5.11 Å². The molecule has 0 aromatic heterocycles. The van der Waals surface area contributed by atoms with E-state index in [-0.39, 0.29) is 11.5 Å². The van der Waals surface area contributed by atoms with Crippen LogP contribution in [0.5, 0.6) is 11.5 Å². The summed E-state index contributed by atoms with van der Waals surface area (Å²) in [7, 11) is 0. The second kappa shape index (κ2) is 5.58. The Balaban J connectivity index is 2.57. The normalized spacial score (nSPS) is 12.7. The molecule has 4 N–H and O–H groups in total. The number of phenols is 2. The maximum Gasteiger partial charge on any atom is 0.157 e. The fourth-order valence-corrected chi connectivity index (χ4v) is 1.28. The molecule has 0 saturated heterocycles. The van der Waals surface area contributed by atoms with Crippen molar-refractivity contribution in [1.82, 2.24) is 5.32 Å². The van der Waals surface area contributed by atoms with Gasteiger partial charge in [0.15, 0.2) is 11.5 Å². The molecule has 0 spiro atoms. The molecule has 0 aliphatic rings. The fourth-order valence-electron chi connectivity index (χ4n) is 1.28. The lowest BCUT2D eigenvalue weighted by Crippen LogP contribution is -2.21. The molecule has 1 aromatic rings. The van der Waals surface area contributed by atoms with E-state index in [1.54, 1.807) is 6.07 Å². The third-order valence-corrected chi connectivity index (χ3v) is 2.15. The van der Waals surface area contributed by atoms with Crippen molar-refractivity contribution >= 4 is 0 Å². The van der Waals surface area contributed by atoms with Crippen molar-refractivity contribution in [3.63, 3.8) is 0 Å². The largest absolute Gasteiger partial charge is 0.504 e. The van der Waals surface area contributed by atoms with Gasteiger partial charge in [-0.15, -0.1) is 0 Å². The van der Waals surface area contributed by atoms with Gasteiger partial charge in [0, 0.05) is 6.54 Å². The molecule has 0 saturated carbocycles. The van der Waals surface area contributed by atoms with Crippen molar-refractivity contribution in [2.45, 2.75) is 19.4 Å². The molecule has 15 heavy (non-hydrogen) atoms. The summed E-state index contributed by atoms with van der Waals surface area (Å²) in [5.74, 6) is -0.380. The van der Waals surface area contributed by atoms with Crippen LogP contribution < -0.4 is 5.32 Å². The van der Waals surface area contributed by atoms with Gasteiger partial charge in [0.25, 0.3) is 0 Å². The van der Waals surface area contributed by atoms with Gasteiger partial charge in [0.1, 0.15) is 0 Å². The van der Waals surface area contributed by atoms with E-state index in [1.165, 1.54) is 12.1 Å². The number of aliphatic hydroxyl groups excluding tert-OH is 1. The molecule has 0 aliphatic carbocycles. The molecule has 0 bridgehead atoms. The number of hydrogen-bond donors (Lipinski definition) is 4. The van der Waals surface area contributed by atoms with Gasteiger partial charge in [-0.3, -0.25) is 0 Å². The molecular weight excluding hydrogens is 194 g/mol. The third kappa shape index (κ3) is 3.42. The van der Waals surface area contributed by atoms with Gasteiger partial charge >= 0.3 is 0 Å². The van der Waals surface area contributed by atoms with Crippen LogP contribution in [0.3, 0.4) is 0 Å². The van der Waals surface area contributed by atoms with Gasteiger partial charge < -0.3 is 20.6 Å². The van der Waals surface area contributed by atoms with Crippen LogP contribution in [-0.2, 0) is 0 Å². The quantitative estimate of drug-likeness (QED) is 0.435. The number of phenolic OH excluding ortho intramolecular Hbond substituents is 2. The number of hydrogen-bond acceptors (Lipinski definition) is 4. The van der Waals surface area contributed by atoms with Crippen LogP contribution in [0, 0.1) is 0 Å². The molecule has 4 nitrogen and oxygen atoms in total. The zero-order chi connectivity index (χ0) is 11.3. The van der Waals surface area contributed by atoms with E-state index in [9.17, 15) is 10.2 Å². The summed E-state index contributed by atoms with van der Waals surface area (Å²) in [6, 6.07) is 4.33. The molecular formula is C11H17NO3. The smallest absolute Gasteiger partial charge is 0.157 e. The first-order valence-corrected chi connectivity index (χ1v) is 5.05. The first-order valence-electron chi connectivity index (χ1n) is 5.05. The number of rotatable bonds is 5. The van der Waals surface area contributed by atoms with Gasteiger partial charge in [-0.25, -0.2) is 0 Å². The summed E-state index contributed by atoms with van der Waals surface area (Å²) in [5, 5.41) is 31.1. The lowest BCUT2D eigenvalue weighted by molar-refractivity contribution is 0.174. The average Bonchev–Trinajstić information content (AvgIpc) is 2.22. The highest BCUT2D eigenvalue weighted by molar-refractivity contribution is 5.41. The molecule has 0 radical (unpaired) electrons. The van der Waals surface area contributed by atoms with Crippen LogP contribution in [0.25, 0.3) is 0 Å². The Kier molecular flexibility index (Phi) is 4.39. The van der Waals surface area contributed by atoms with E-state index in [0.717, 1.165) is 13.0 Å². The number of aromatic hydroxyl groups is 2. The minimum absolute atomic E-state index is 0.174. The summed E-state index contributed by atoms with van der Waals surface area (Å²) < 4.78 is 0. The van der Waals surface area contributed by atoms with Crippen LogP contribution in [0.4, 0.5) is 0 Å². The lowest BCUT2D eigenvalue weighted by atomic mass is 10.1. The van der Waals surface area contributed by atoms with E-state index in [0.29, 0.717) is 12.1 Å². The highest BCUT2D eigenvalue weighted by Gasteiger charge is 2.09. The summed E-state index contributed by atoms with van der Waals surface area (Å²) in [6.45, 7) is 3.34. The van der Waals surface area contributed by atoms with Crippen molar-refractivity contribution in [2.24, 2.45) is 0 Å². The molecule has 0 unspecified atom stereocenters. The lowest BCUT2D eigenvalue weighted by Gasteiger charge is -2.12. The first kappa shape index (κ1) is 11.8. The molecule has 4 heteroatoms. The predicted molar refractivity (Wildman–Crippen MR) is 57.9 cm³/mol. The van der Waals surface area contributed by atoms with Gasteiger partial charge in [0.2, 0.25) is 0 Å². The Morgan fingerprint density at radius 1 is 1.27 bits per heavy atom. The first-order chi connectivity index (χ1) is 7.15. The Hall–Kier alpha value is -1.26.